The van der Waals surface area contributed by atoms with Crippen LogP contribution in [0.2, 0.25) is 0 Å². The molecule has 0 bridgehead atoms. The monoisotopic (exact) mass is 252 g/mol. The van der Waals surface area contributed by atoms with Crippen molar-refractivity contribution in [1.29, 1.82) is 0 Å². The molecule has 0 saturated carbocycles. The van der Waals surface area contributed by atoms with Crippen molar-refractivity contribution >= 4 is 11.4 Å². The average molecular weight is 252 g/mol. The molecule has 1 aromatic carbocycles. The molecular formula is C14H21FN2O. The number of nitrogens with zero attached hydrogens (tertiary/aromatic N) is 1. The zero-order valence-electron chi connectivity index (χ0n) is 11.5. The minimum Gasteiger partial charge on any atom is -0.386 e. The zero-order chi connectivity index (χ0) is 13.3. The van der Waals surface area contributed by atoms with Gasteiger partial charge in [-0.05, 0) is 32.9 Å². The first kappa shape index (κ1) is 13.1. The molecule has 0 aromatic heterocycles. The van der Waals surface area contributed by atoms with E-state index in [9.17, 15) is 4.39 Å². The number of halogens is 1. The van der Waals surface area contributed by atoms with Crippen LogP contribution in [0.25, 0.3) is 0 Å². The second kappa shape index (κ2) is 5.14. The Morgan fingerprint density at radius 2 is 1.89 bits per heavy atom. The predicted octanol–water partition coefficient (Wildman–Crippen LogP) is 2.79. The third-order valence-corrected chi connectivity index (χ3v) is 3.39. The van der Waals surface area contributed by atoms with E-state index in [-0.39, 0.29) is 18.0 Å². The van der Waals surface area contributed by atoms with Crippen LogP contribution in [0.4, 0.5) is 15.8 Å². The van der Waals surface area contributed by atoms with Gasteiger partial charge in [0.05, 0.1) is 17.9 Å². The maximum Gasteiger partial charge on any atom is 0.151 e. The van der Waals surface area contributed by atoms with Crippen molar-refractivity contribution in [3.05, 3.63) is 23.5 Å². The van der Waals surface area contributed by atoms with Gasteiger partial charge in [-0.3, -0.25) is 0 Å². The van der Waals surface area contributed by atoms with Crippen LogP contribution < -0.4 is 10.2 Å². The molecule has 0 spiro atoms. The van der Waals surface area contributed by atoms with E-state index in [0.29, 0.717) is 11.3 Å². The minimum atomic E-state index is -0.165. The summed E-state index contributed by atoms with van der Waals surface area (Å²) in [5.74, 6) is -0.165. The Balaban J connectivity index is 2.30. The van der Waals surface area contributed by atoms with Gasteiger partial charge in [0.1, 0.15) is 0 Å². The molecular weight excluding hydrogens is 231 g/mol. The van der Waals surface area contributed by atoms with Gasteiger partial charge in [0, 0.05) is 31.4 Å². The lowest BCUT2D eigenvalue weighted by Gasteiger charge is -2.37. The fourth-order valence-electron chi connectivity index (χ4n) is 2.59. The highest BCUT2D eigenvalue weighted by molar-refractivity contribution is 5.62. The third kappa shape index (κ3) is 2.43. The molecule has 0 amide bonds. The maximum atomic E-state index is 14.1. The molecule has 18 heavy (non-hydrogen) atoms. The van der Waals surface area contributed by atoms with Crippen molar-refractivity contribution in [3.63, 3.8) is 0 Å². The number of hydrogen-bond donors (Lipinski definition) is 1. The van der Waals surface area contributed by atoms with E-state index in [1.807, 2.05) is 13.0 Å². The van der Waals surface area contributed by atoms with E-state index < -0.39 is 0 Å². The fourth-order valence-corrected chi connectivity index (χ4v) is 2.59. The Kier molecular flexibility index (Phi) is 3.76. The van der Waals surface area contributed by atoms with E-state index >= 15 is 0 Å². The number of nitrogens with one attached hydrogen (secondary N) is 1. The van der Waals surface area contributed by atoms with Crippen LogP contribution in [0.5, 0.6) is 0 Å². The van der Waals surface area contributed by atoms with Crippen molar-refractivity contribution in [1.82, 2.24) is 0 Å². The molecule has 0 radical (unpaired) electrons. The van der Waals surface area contributed by atoms with Gasteiger partial charge in [0.25, 0.3) is 0 Å². The molecule has 1 saturated heterocycles. The molecule has 2 atom stereocenters. The van der Waals surface area contributed by atoms with Gasteiger partial charge in [0.15, 0.2) is 5.82 Å². The number of rotatable bonds is 2. The number of morpholine rings is 1. The summed E-state index contributed by atoms with van der Waals surface area (Å²) in [5, 5.41) is 2.87. The van der Waals surface area contributed by atoms with Crippen molar-refractivity contribution < 1.29 is 9.13 Å². The maximum absolute atomic E-state index is 14.1. The van der Waals surface area contributed by atoms with Gasteiger partial charge in [-0.15, -0.1) is 0 Å². The summed E-state index contributed by atoms with van der Waals surface area (Å²) in [5.41, 5.74) is 2.21. The van der Waals surface area contributed by atoms with E-state index in [0.717, 1.165) is 18.8 Å². The second-order valence-electron chi connectivity index (χ2n) is 4.98. The number of anilines is 2. The van der Waals surface area contributed by atoms with Crippen molar-refractivity contribution in [2.24, 2.45) is 0 Å². The summed E-state index contributed by atoms with van der Waals surface area (Å²) in [6.45, 7) is 7.55. The standard InChI is InChI=1S/C14H21FN2O/c1-9-7-17(8-10(2)18-9)13-6-5-12(16-4)14(15)11(13)3/h5-6,9-10,16H,7-8H2,1-4H3. The molecule has 0 aliphatic carbocycles. The normalized spacial score (nSPS) is 24.2. The van der Waals surface area contributed by atoms with E-state index in [2.05, 4.69) is 24.1 Å². The second-order valence-corrected chi connectivity index (χ2v) is 4.98. The van der Waals surface area contributed by atoms with Crippen LogP contribution in [-0.2, 0) is 4.74 Å². The van der Waals surface area contributed by atoms with Gasteiger partial charge in [-0.25, -0.2) is 4.39 Å². The van der Waals surface area contributed by atoms with Gasteiger partial charge < -0.3 is 15.0 Å². The van der Waals surface area contributed by atoms with Crippen LogP contribution in [0.1, 0.15) is 19.4 Å². The van der Waals surface area contributed by atoms with E-state index in [1.165, 1.54) is 0 Å². The van der Waals surface area contributed by atoms with Gasteiger partial charge in [-0.1, -0.05) is 0 Å². The summed E-state index contributed by atoms with van der Waals surface area (Å²) in [6, 6.07) is 3.78. The quantitative estimate of drug-likeness (QED) is 0.876. The van der Waals surface area contributed by atoms with E-state index in [1.54, 1.807) is 13.1 Å². The molecule has 1 fully saturated rings. The Morgan fingerprint density at radius 3 is 2.44 bits per heavy atom. The van der Waals surface area contributed by atoms with E-state index in [4.69, 9.17) is 4.74 Å². The largest absolute Gasteiger partial charge is 0.386 e. The average Bonchev–Trinajstić information content (AvgIpc) is 2.31. The number of benzene rings is 1. The van der Waals surface area contributed by atoms with Crippen molar-refractivity contribution in [2.75, 3.05) is 30.4 Å². The van der Waals surface area contributed by atoms with Gasteiger partial charge in [0.2, 0.25) is 0 Å². The Labute approximate surface area is 108 Å². The molecule has 1 aromatic rings. The van der Waals surface area contributed by atoms with Crippen LogP contribution in [0.3, 0.4) is 0 Å². The van der Waals surface area contributed by atoms with Crippen LogP contribution in [-0.4, -0.2) is 32.3 Å². The molecule has 1 aliphatic rings. The van der Waals surface area contributed by atoms with Crippen molar-refractivity contribution in [2.45, 2.75) is 33.0 Å². The lowest BCUT2D eigenvalue weighted by Crippen LogP contribution is -2.45. The summed E-state index contributed by atoms with van der Waals surface area (Å²) in [7, 11) is 1.73. The molecule has 2 unspecified atom stereocenters. The minimum absolute atomic E-state index is 0.165. The molecule has 1 heterocycles. The fraction of sp³-hybridized carbons (Fsp3) is 0.571. The highest BCUT2D eigenvalue weighted by Gasteiger charge is 2.24. The first-order valence-corrected chi connectivity index (χ1v) is 6.40. The van der Waals surface area contributed by atoms with Crippen LogP contribution >= 0.6 is 0 Å². The molecule has 1 aliphatic heterocycles. The zero-order valence-corrected chi connectivity index (χ0v) is 11.5. The lowest BCUT2D eigenvalue weighted by atomic mass is 10.1. The Bertz CT molecular complexity index is 426. The van der Waals surface area contributed by atoms with Gasteiger partial charge in [-0.2, -0.15) is 0 Å². The predicted molar refractivity (Wildman–Crippen MR) is 72.9 cm³/mol. The molecule has 4 heteroatoms. The highest BCUT2D eigenvalue weighted by Crippen LogP contribution is 2.29. The third-order valence-electron chi connectivity index (χ3n) is 3.39. The molecule has 3 nitrogen and oxygen atoms in total. The summed E-state index contributed by atoms with van der Waals surface area (Å²) in [4.78, 5) is 2.21. The van der Waals surface area contributed by atoms with Crippen molar-refractivity contribution in [3.8, 4) is 0 Å². The smallest absolute Gasteiger partial charge is 0.151 e. The SMILES string of the molecule is CNc1ccc(N2CC(C)OC(C)C2)c(C)c1F. The first-order chi connectivity index (χ1) is 8.52. The first-order valence-electron chi connectivity index (χ1n) is 6.40. The molecule has 1 N–H and O–H groups in total. The molecule has 100 valence electrons. The topological polar surface area (TPSA) is 24.5 Å². The number of ether oxygens (including phenoxy) is 1. The number of hydrogen-bond acceptors (Lipinski definition) is 3. The van der Waals surface area contributed by atoms with Crippen LogP contribution in [0.15, 0.2) is 12.1 Å². The highest BCUT2D eigenvalue weighted by atomic mass is 19.1. The van der Waals surface area contributed by atoms with Crippen LogP contribution in [0, 0.1) is 12.7 Å². The Morgan fingerprint density at radius 1 is 1.28 bits per heavy atom. The summed E-state index contributed by atoms with van der Waals surface area (Å²) in [6.07, 6.45) is 0.361. The van der Waals surface area contributed by atoms with Gasteiger partial charge >= 0.3 is 0 Å². The lowest BCUT2D eigenvalue weighted by molar-refractivity contribution is -0.00526. The molecule has 2 rings (SSSR count). The Hall–Kier alpha value is -1.29. The summed E-state index contributed by atoms with van der Waals surface area (Å²) < 4.78 is 19.8. The summed E-state index contributed by atoms with van der Waals surface area (Å²) >= 11 is 0.